The molecule has 19 heavy (non-hydrogen) atoms. The molecule has 1 unspecified atom stereocenters. The van der Waals surface area contributed by atoms with Crippen LogP contribution in [0.4, 0.5) is 8.78 Å². The van der Waals surface area contributed by atoms with Crippen molar-refractivity contribution < 1.29 is 13.5 Å². The predicted molar refractivity (Wildman–Crippen MR) is 70.1 cm³/mol. The summed E-state index contributed by atoms with van der Waals surface area (Å²) in [5.41, 5.74) is 7.71. The fourth-order valence-electron chi connectivity index (χ4n) is 2.04. The average Bonchev–Trinajstić information content (AvgIpc) is 2.41. The van der Waals surface area contributed by atoms with E-state index in [9.17, 15) is 8.78 Å². The van der Waals surface area contributed by atoms with E-state index in [2.05, 4.69) is 0 Å². The summed E-state index contributed by atoms with van der Waals surface area (Å²) in [7, 11) is 1.39. The quantitative estimate of drug-likeness (QED) is 0.921. The highest BCUT2D eigenvalue weighted by molar-refractivity contribution is 5.40. The molecule has 0 aliphatic rings. The molecule has 2 rings (SSSR count). The van der Waals surface area contributed by atoms with E-state index < -0.39 is 11.9 Å². The maximum atomic E-state index is 14.1. The Morgan fingerprint density at radius 2 is 1.84 bits per heavy atom. The molecule has 0 radical (unpaired) electrons. The highest BCUT2D eigenvalue weighted by Crippen LogP contribution is 2.29. The highest BCUT2D eigenvalue weighted by Gasteiger charge is 2.18. The van der Waals surface area contributed by atoms with Crippen LogP contribution in [0.1, 0.15) is 22.7 Å². The monoisotopic (exact) mass is 263 g/mol. The van der Waals surface area contributed by atoms with Gasteiger partial charge in [-0.3, -0.25) is 0 Å². The van der Waals surface area contributed by atoms with Crippen LogP contribution >= 0.6 is 0 Å². The molecule has 2 nitrogen and oxygen atoms in total. The highest BCUT2D eigenvalue weighted by atomic mass is 19.1. The Labute approximate surface area is 110 Å². The fraction of sp³-hybridized carbons (Fsp3) is 0.200. The Bertz CT molecular complexity index is 599. The summed E-state index contributed by atoms with van der Waals surface area (Å²) in [6.07, 6.45) is 0. The molecule has 0 aliphatic carbocycles. The summed E-state index contributed by atoms with van der Waals surface area (Å²) in [4.78, 5) is 0. The van der Waals surface area contributed by atoms with Gasteiger partial charge in [0.05, 0.1) is 13.2 Å². The van der Waals surface area contributed by atoms with Gasteiger partial charge in [-0.15, -0.1) is 0 Å². The Morgan fingerprint density at radius 1 is 1.11 bits per heavy atom. The second-order valence-corrected chi connectivity index (χ2v) is 4.34. The Morgan fingerprint density at radius 3 is 2.53 bits per heavy atom. The average molecular weight is 263 g/mol. The third-order valence-corrected chi connectivity index (χ3v) is 3.12. The molecule has 2 aromatic rings. The Balaban J connectivity index is 2.50. The lowest BCUT2D eigenvalue weighted by Gasteiger charge is -2.17. The molecule has 0 amide bonds. The third-order valence-electron chi connectivity index (χ3n) is 3.12. The van der Waals surface area contributed by atoms with E-state index in [1.807, 2.05) is 6.92 Å². The van der Waals surface area contributed by atoms with Crippen LogP contribution in [-0.4, -0.2) is 7.11 Å². The lowest BCUT2D eigenvalue weighted by Crippen LogP contribution is -2.15. The second kappa shape index (κ2) is 5.36. The van der Waals surface area contributed by atoms with Crippen LogP contribution in [0, 0.1) is 18.6 Å². The number of methoxy groups -OCH3 is 1. The number of rotatable bonds is 3. The Kier molecular flexibility index (Phi) is 3.81. The van der Waals surface area contributed by atoms with Crippen molar-refractivity contribution in [3.8, 4) is 5.75 Å². The fourth-order valence-corrected chi connectivity index (χ4v) is 2.04. The van der Waals surface area contributed by atoms with Gasteiger partial charge in [-0.05, 0) is 36.2 Å². The summed E-state index contributed by atoms with van der Waals surface area (Å²) >= 11 is 0. The number of hydrogen-bond donors (Lipinski definition) is 1. The van der Waals surface area contributed by atoms with Crippen molar-refractivity contribution in [2.75, 3.05) is 7.11 Å². The molecule has 0 aromatic heterocycles. The first kappa shape index (κ1) is 13.5. The summed E-state index contributed by atoms with van der Waals surface area (Å²) in [5.74, 6) is -0.775. The van der Waals surface area contributed by atoms with E-state index in [0.717, 1.165) is 5.56 Å². The van der Waals surface area contributed by atoms with E-state index in [1.54, 1.807) is 18.2 Å². The molecule has 0 heterocycles. The lowest BCUT2D eigenvalue weighted by molar-refractivity contribution is 0.383. The van der Waals surface area contributed by atoms with Gasteiger partial charge >= 0.3 is 0 Å². The van der Waals surface area contributed by atoms with E-state index in [1.165, 1.54) is 25.3 Å². The van der Waals surface area contributed by atoms with Crippen molar-refractivity contribution in [1.82, 2.24) is 0 Å². The third kappa shape index (κ3) is 2.58. The van der Waals surface area contributed by atoms with Crippen LogP contribution in [0.3, 0.4) is 0 Å². The van der Waals surface area contributed by atoms with Crippen LogP contribution in [0.2, 0.25) is 0 Å². The smallest absolute Gasteiger partial charge is 0.170 e. The zero-order valence-electron chi connectivity index (χ0n) is 10.8. The van der Waals surface area contributed by atoms with Gasteiger partial charge < -0.3 is 10.5 Å². The van der Waals surface area contributed by atoms with Crippen molar-refractivity contribution >= 4 is 0 Å². The zero-order valence-corrected chi connectivity index (χ0v) is 10.8. The minimum atomic E-state index is -0.731. The first-order valence-corrected chi connectivity index (χ1v) is 5.88. The van der Waals surface area contributed by atoms with Crippen LogP contribution in [0.5, 0.6) is 5.75 Å². The van der Waals surface area contributed by atoms with Gasteiger partial charge in [0.1, 0.15) is 5.82 Å². The minimum Gasteiger partial charge on any atom is -0.494 e. The van der Waals surface area contributed by atoms with Crippen molar-refractivity contribution in [3.05, 3.63) is 64.7 Å². The molecule has 2 aromatic carbocycles. The molecule has 0 fully saturated rings. The summed E-state index contributed by atoms with van der Waals surface area (Å²) < 4.78 is 32.4. The van der Waals surface area contributed by atoms with Crippen LogP contribution in [-0.2, 0) is 0 Å². The molecule has 2 N–H and O–H groups in total. The van der Waals surface area contributed by atoms with Crippen molar-refractivity contribution in [1.29, 1.82) is 0 Å². The molecule has 1 atom stereocenters. The largest absolute Gasteiger partial charge is 0.494 e. The van der Waals surface area contributed by atoms with Crippen molar-refractivity contribution in [2.24, 2.45) is 5.73 Å². The maximum absolute atomic E-state index is 14.1. The SMILES string of the molecule is COc1cccc(C(N)c2cc(F)ccc2C)c1F. The summed E-state index contributed by atoms with van der Waals surface area (Å²) in [5, 5.41) is 0. The predicted octanol–water partition coefficient (Wildman–Crippen LogP) is 3.33. The van der Waals surface area contributed by atoms with E-state index in [-0.39, 0.29) is 17.1 Å². The van der Waals surface area contributed by atoms with Crippen molar-refractivity contribution in [3.63, 3.8) is 0 Å². The topological polar surface area (TPSA) is 35.2 Å². The number of ether oxygens (including phenoxy) is 1. The number of aryl methyl sites for hydroxylation is 1. The first-order valence-electron chi connectivity index (χ1n) is 5.88. The normalized spacial score (nSPS) is 12.3. The Hall–Kier alpha value is -1.94. The van der Waals surface area contributed by atoms with E-state index in [4.69, 9.17) is 10.5 Å². The summed E-state index contributed by atoms with van der Waals surface area (Å²) in [6, 6.07) is 8.34. The molecule has 0 saturated heterocycles. The lowest BCUT2D eigenvalue weighted by atomic mass is 9.95. The maximum Gasteiger partial charge on any atom is 0.170 e. The van der Waals surface area contributed by atoms with Crippen molar-refractivity contribution in [2.45, 2.75) is 13.0 Å². The van der Waals surface area contributed by atoms with Gasteiger partial charge in [-0.1, -0.05) is 18.2 Å². The number of benzene rings is 2. The van der Waals surface area contributed by atoms with Gasteiger partial charge in [0.25, 0.3) is 0 Å². The minimum absolute atomic E-state index is 0.127. The van der Waals surface area contributed by atoms with E-state index >= 15 is 0 Å². The van der Waals surface area contributed by atoms with E-state index in [0.29, 0.717) is 5.56 Å². The molecule has 100 valence electrons. The van der Waals surface area contributed by atoms with Crippen LogP contribution < -0.4 is 10.5 Å². The first-order chi connectivity index (χ1) is 9.04. The molecule has 0 aliphatic heterocycles. The van der Waals surface area contributed by atoms with Crippen LogP contribution in [0.15, 0.2) is 36.4 Å². The van der Waals surface area contributed by atoms with Gasteiger partial charge in [0, 0.05) is 5.56 Å². The van der Waals surface area contributed by atoms with Gasteiger partial charge in [-0.25, -0.2) is 8.78 Å². The summed E-state index contributed by atoms with van der Waals surface area (Å²) in [6.45, 7) is 1.81. The second-order valence-electron chi connectivity index (χ2n) is 4.34. The van der Waals surface area contributed by atoms with Gasteiger partial charge in [-0.2, -0.15) is 0 Å². The van der Waals surface area contributed by atoms with Gasteiger partial charge in [0.2, 0.25) is 0 Å². The standard InChI is InChI=1S/C15H15F2NO/c1-9-6-7-10(16)8-12(9)15(18)11-4-3-5-13(19-2)14(11)17/h3-8,15H,18H2,1-2H3. The molecule has 0 bridgehead atoms. The van der Waals surface area contributed by atoms with Gasteiger partial charge in [0.15, 0.2) is 11.6 Å². The molecular weight excluding hydrogens is 248 g/mol. The zero-order chi connectivity index (χ0) is 14.0. The molecule has 0 spiro atoms. The number of halogens is 2. The molecule has 4 heteroatoms. The van der Waals surface area contributed by atoms with Crippen LogP contribution in [0.25, 0.3) is 0 Å². The molecular formula is C15H15F2NO. The number of hydrogen-bond acceptors (Lipinski definition) is 2. The molecule has 0 saturated carbocycles. The number of nitrogens with two attached hydrogens (primary N) is 1.